The van der Waals surface area contributed by atoms with Gasteiger partial charge in [0.2, 0.25) is 0 Å². The molecule has 0 spiro atoms. The first-order chi connectivity index (χ1) is 9.13. The number of thioether (sulfide) groups is 1. The van der Waals surface area contributed by atoms with Crippen LogP contribution in [0.25, 0.3) is 0 Å². The molecule has 1 rings (SSSR count). The van der Waals surface area contributed by atoms with Gasteiger partial charge in [-0.1, -0.05) is 0 Å². The number of ether oxygens (including phenoxy) is 1. The highest BCUT2D eigenvalue weighted by atomic mass is 32.2. The third-order valence-electron chi connectivity index (χ3n) is 2.32. The highest BCUT2D eigenvalue weighted by Crippen LogP contribution is 2.13. The molecule has 1 atom stereocenters. The predicted molar refractivity (Wildman–Crippen MR) is 73.9 cm³/mol. The Hall–Kier alpha value is -1.24. The van der Waals surface area contributed by atoms with Crippen LogP contribution in [0.5, 0.6) is 5.75 Å². The van der Waals surface area contributed by atoms with Crippen molar-refractivity contribution in [2.75, 3.05) is 24.7 Å². The fraction of sp³-hybridized carbons (Fsp3) is 0.462. The molecule has 19 heavy (non-hydrogen) atoms. The molecule has 106 valence electrons. The number of carboxylic acid groups (broad SMARTS) is 1. The van der Waals surface area contributed by atoms with E-state index in [2.05, 4.69) is 0 Å². The Morgan fingerprint density at radius 2 is 2.00 bits per heavy atom. The molecule has 0 aromatic heterocycles. The largest absolute Gasteiger partial charge is 0.494 e. The summed E-state index contributed by atoms with van der Waals surface area (Å²) in [5.41, 5.74) is 0.237. The Morgan fingerprint density at radius 1 is 1.32 bits per heavy atom. The molecule has 6 heteroatoms. The first-order valence-corrected chi connectivity index (χ1v) is 7.11. The lowest BCUT2D eigenvalue weighted by Crippen LogP contribution is -2.15. The Kier molecular flexibility index (Phi) is 7.32. The zero-order valence-electron chi connectivity index (χ0n) is 10.5. The molecule has 3 N–H and O–H groups in total. The topological polar surface area (TPSA) is 87.0 Å². The van der Waals surface area contributed by atoms with Crippen LogP contribution in [0.15, 0.2) is 24.3 Å². The van der Waals surface area contributed by atoms with Gasteiger partial charge in [0.25, 0.3) is 0 Å². The van der Waals surface area contributed by atoms with Crippen LogP contribution in [-0.4, -0.2) is 52.1 Å². The van der Waals surface area contributed by atoms with E-state index >= 15 is 0 Å². The minimum Gasteiger partial charge on any atom is -0.494 e. The van der Waals surface area contributed by atoms with Crippen LogP contribution < -0.4 is 4.74 Å². The number of aromatic carboxylic acids is 1. The summed E-state index contributed by atoms with van der Waals surface area (Å²) in [6, 6.07) is 6.27. The molecule has 0 saturated carbocycles. The van der Waals surface area contributed by atoms with Gasteiger partial charge >= 0.3 is 5.97 Å². The molecule has 0 amide bonds. The lowest BCUT2D eigenvalue weighted by atomic mass is 10.2. The summed E-state index contributed by atoms with van der Waals surface area (Å²) < 4.78 is 5.46. The fourth-order valence-electron chi connectivity index (χ4n) is 1.32. The second-order valence-corrected chi connectivity index (χ2v) is 5.09. The predicted octanol–water partition coefficient (Wildman–Crippen LogP) is 1.24. The summed E-state index contributed by atoms with van der Waals surface area (Å²) in [6.45, 7) is 0.327. The molecule has 0 aliphatic heterocycles. The van der Waals surface area contributed by atoms with Crippen LogP contribution in [-0.2, 0) is 0 Å². The molecule has 0 aliphatic carbocycles. The third kappa shape index (κ3) is 6.47. The quantitative estimate of drug-likeness (QED) is 0.592. The Morgan fingerprint density at radius 3 is 2.58 bits per heavy atom. The van der Waals surface area contributed by atoms with Crippen LogP contribution in [0.1, 0.15) is 16.8 Å². The van der Waals surface area contributed by atoms with Crippen molar-refractivity contribution in [1.29, 1.82) is 0 Å². The molecule has 0 aliphatic rings. The maximum absolute atomic E-state index is 10.6. The molecule has 5 nitrogen and oxygen atoms in total. The summed E-state index contributed by atoms with van der Waals surface area (Å²) in [4.78, 5) is 10.6. The van der Waals surface area contributed by atoms with Gasteiger partial charge < -0.3 is 20.1 Å². The molecular formula is C13H18O5S. The van der Waals surface area contributed by atoms with Gasteiger partial charge in [-0.15, -0.1) is 0 Å². The van der Waals surface area contributed by atoms with Gasteiger partial charge in [0.1, 0.15) is 5.75 Å². The van der Waals surface area contributed by atoms with E-state index in [1.807, 2.05) is 0 Å². The van der Waals surface area contributed by atoms with Crippen molar-refractivity contribution in [3.63, 3.8) is 0 Å². The number of carboxylic acids is 1. The van der Waals surface area contributed by atoms with Gasteiger partial charge in [-0.3, -0.25) is 0 Å². The summed E-state index contributed by atoms with van der Waals surface area (Å²) in [5, 5.41) is 26.5. The SMILES string of the molecule is O=C(O)c1ccc(OCCCSCC(O)CO)cc1. The molecule has 1 unspecified atom stereocenters. The van der Waals surface area contributed by atoms with E-state index < -0.39 is 12.1 Å². The molecule has 0 fully saturated rings. The van der Waals surface area contributed by atoms with Gasteiger partial charge in [-0.2, -0.15) is 11.8 Å². The Balaban J connectivity index is 2.14. The van der Waals surface area contributed by atoms with Gasteiger partial charge in [-0.25, -0.2) is 4.79 Å². The first kappa shape index (κ1) is 15.8. The Bertz CT molecular complexity index is 379. The molecule has 0 radical (unpaired) electrons. The summed E-state index contributed by atoms with van der Waals surface area (Å²) in [6.07, 6.45) is 0.165. The average molecular weight is 286 g/mol. The molecule has 1 aromatic rings. The number of hydrogen-bond donors (Lipinski definition) is 3. The van der Waals surface area contributed by atoms with Gasteiger partial charge in [-0.05, 0) is 36.4 Å². The van der Waals surface area contributed by atoms with E-state index in [9.17, 15) is 4.79 Å². The Labute approximate surface area is 116 Å². The van der Waals surface area contributed by atoms with Crippen molar-refractivity contribution in [2.45, 2.75) is 12.5 Å². The third-order valence-corrected chi connectivity index (χ3v) is 3.52. The van der Waals surface area contributed by atoms with Crippen molar-refractivity contribution in [3.05, 3.63) is 29.8 Å². The molecule has 1 aromatic carbocycles. The van der Waals surface area contributed by atoms with Crippen molar-refractivity contribution in [1.82, 2.24) is 0 Å². The lowest BCUT2D eigenvalue weighted by Gasteiger charge is -2.08. The van der Waals surface area contributed by atoms with Gasteiger partial charge in [0.15, 0.2) is 0 Å². The maximum Gasteiger partial charge on any atom is 0.335 e. The van der Waals surface area contributed by atoms with Crippen LogP contribution in [0.4, 0.5) is 0 Å². The number of rotatable bonds is 9. The van der Waals surface area contributed by atoms with Crippen LogP contribution in [0.2, 0.25) is 0 Å². The normalized spacial score (nSPS) is 12.1. The zero-order chi connectivity index (χ0) is 14.1. The van der Waals surface area contributed by atoms with E-state index in [1.54, 1.807) is 23.9 Å². The van der Waals surface area contributed by atoms with Crippen LogP contribution in [0, 0.1) is 0 Å². The van der Waals surface area contributed by atoms with Crippen LogP contribution in [0.3, 0.4) is 0 Å². The van der Waals surface area contributed by atoms with E-state index in [1.165, 1.54) is 12.1 Å². The molecule has 0 bridgehead atoms. The van der Waals surface area contributed by atoms with Gasteiger partial charge in [0.05, 0.1) is 24.9 Å². The van der Waals surface area contributed by atoms with Crippen molar-refractivity contribution in [2.24, 2.45) is 0 Å². The second kappa shape index (κ2) is 8.79. The number of carbonyl (C=O) groups is 1. The summed E-state index contributed by atoms with van der Waals surface area (Å²) >= 11 is 1.56. The second-order valence-electron chi connectivity index (χ2n) is 3.94. The molecular weight excluding hydrogens is 268 g/mol. The maximum atomic E-state index is 10.6. The van der Waals surface area contributed by atoms with Crippen molar-refractivity contribution in [3.8, 4) is 5.75 Å². The standard InChI is InChI=1S/C13H18O5S/c14-8-11(15)9-19-7-1-6-18-12-4-2-10(3-5-12)13(16)17/h2-5,11,14-15H,1,6-9H2,(H,16,17). The van der Waals surface area contributed by atoms with E-state index in [4.69, 9.17) is 20.1 Å². The zero-order valence-corrected chi connectivity index (χ0v) is 11.3. The molecule has 0 saturated heterocycles. The first-order valence-electron chi connectivity index (χ1n) is 5.96. The number of hydrogen-bond acceptors (Lipinski definition) is 5. The highest BCUT2D eigenvalue weighted by Gasteiger charge is 2.03. The van der Waals surface area contributed by atoms with Crippen molar-refractivity contribution >= 4 is 17.7 Å². The van der Waals surface area contributed by atoms with E-state index in [0.717, 1.165) is 12.2 Å². The lowest BCUT2D eigenvalue weighted by molar-refractivity contribution is 0.0697. The number of aliphatic hydroxyl groups is 2. The van der Waals surface area contributed by atoms with Crippen molar-refractivity contribution < 1.29 is 24.9 Å². The van der Waals surface area contributed by atoms with Gasteiger partial charge in [0, 0.05) is 5.75 Å². The average Bonchev–Trinajstić information content (AvgIpc) is 2.42. The summed E-state index contributed by atoms with van der Waals surface area (Å²) in [7, 11) is 0. The van der Waals surface area contributed by atoms with E-state index in [-0.39, 0.29) is 12.2 Å². The highest BCUT2D eigenvalue weighted by molar-refractivity contribution is 7.99. The number of benzene rings is 1. The fourth-order valence-corrected chi connectivity index (χ4v) is 2.18. The minimum atomic E-state index is -0.953. The molecule has 0 heterocycles. The minimum absolute atomic E-state index is 0.209. The summed E-state index contributed by atoms with van der Waals surface area (Å²) in [5.74, 6) is 1.05. The smallest absolute Gasteiger partial charge is 0.335 e. The monoisotopic (exact) mass is 286 g/mol. The van der Waals surface area contributed by atoms with Crippen LogP contribution >= 0.6 is 11.8 Å². The number of aliphatic hydroxyl groups excluding tert-OH is 2. The van der Waals surface area contributed by atoms with E-state index in [0.29, 0.717) is 18.1 Å².